The molecule has 2 aromatic heterocycles. The Bertz CT molecular complexity index is 3000. The predicted octanol–water partition coefficient (Wildman–Crippen LogP) is 14.9. The Kier molecular flexibility index (Phi) is 7.83. The van der Waals surface area contributed by atoms with E-state index in [0.717, 1.165) is 60.9 Å². The number of rotatable bonds is 7. The molecule has 2 aliphatic rings. The maximum atomic E-state index is 6.03. The number of thiazole rings is 1. The molecule has 1 aliphatic carbocycles. The molecule has 0 fully saturated rings. The van der Waals surface area contributed by atoms with Crippen LogP contribution in [0.25, 0.3) is 86.8 Å². The van der Waals surface area contributed by atoms with Crippen LogP contribution in [0.2, 0.25) is 0 Å². The van der Waals surface area contributed by atoms with Crippen molar-refractivity contribution >= 4 is 71.8 Å². The van der Waals surface area contributed by atoms with Gasteiger partial charge in [0.05, 0.1) is 10.2 Å². The molecule has 0 amide bonds. The molecular formula is C50H31N3OS2. The Labute approximate surface area is 331 Å². The zero-order valence-corrected chi connectivity index (χ0v) is 31.6. The quantitative estimate of drug-likeness (QED) is 0.163. The first-order valence-corrected chi connectivity index (χ1v) is 20.2. The van der Waals surface area contributed by atoms with E-state index < -0.39 is 0 Å². The number of hydrogen-bond acceptors (Lipinski definition) is 6. The van der Waals surface area contributed by atoms with Gasteiger partial charge in [-0.15, -0.1) is 22.7 Å². The zero-order valence-electron chi connectivity index (χ0n) is 30.0. The molecule has 11 rings (SSSR count). The molecule has 0 unspecified atom stereocenters. The molecule has 56 heavy (non-hydrogen) atoms. The third-order valence-corrected chi connectivity index (χ3v) is 12.4. The number of para-hydroxylation sites is 3. The third kappa shape index (κ3) is 5.93. The van der Waals surface area contributed by atoms with Gasteiger partial charge >= 0.3 is 0 Å². The average molecular weight is 754 g/mol. The number of benzene rings is 7. The molecule has 6 heteroatoms. The lowest BCUT2D eigenvalue weighted by Crippen LogP contribution is -2.09. The normalized spacial score (nSPS) is 11.6. The molecule has 0 radical (unpaired) electrons. The summed E-state index contributed by atoms with van der Waals surface area (Å²) >= 11 is 3.51. The summed E-state index contributed by atoms with van der Waals surface area (Å²) < 4.78 is 7.23. The Balaban J connectivity index is 0.960. The lowest BCUT2D eigenvalue weighted by Gasteiger charge is -2.26. The van der Waals surface area contributed by atoms with Gasteiger partial charge in [-0.05, 0) is 147 Å². The highest BCUT2D eigenvalue weighted by atomic mass is 32.1. The summed E-state index contributed by atoms with van der Waals surface area (Å²) in [6, 6.07) is 64.7. The van der Waals surface area contributed by atoms with Crippen molar-refractivity contribution in [2.24, 2.45) is 0 Å². The Hall–Kier alpha value is -6.86. The molecule has 0 saturated heterocycles. The maximum absolute atomic E-state index is 6.03. The first-order chi connectivity index (χ1) is 27.7. The molecule has 3 heterocycles. The molecule has 264 valence electrons. The van der Waals surface area contributed by atoms with E-state index >= 15 is 0 Å². The highest BCUT2D eigenvalue weighted by Gasteiger charge is 2.16. The van der Waals surface area contributed by atoms with Gasteiger partial charge in [0.1, 0.15) is 10.5 Å². The SMILES string of the molecule is c1csc2cc(-c3ccc(N(c4ccc(-c5nc6ccccc6s5)cc4)c4ccc5ccc(-c6ccc(-c7nc8ccccc8o7)cc6)cc5c4)cc3)cc-2c1. The standard InChI is InChI=1S/C50H31N3OS2/c1-3-9-46-44(7-1)51-49(54-46)35-14-11-32(12-15-35)37-16-13-33-19-26-43(30-39(33)28-37)53(41-22-17-34(18-23-41)40-29-38-6-5-27-55-48(38)31-40)42-24-20-36(21-25-42)50-52-45-8-2-4-10-47(45)56-50/h1-31H. The first kappa shape index (κ1) is 32.6. The summed E-state index contributed by atoms with van der Waals surface area (Å²) in [6.45, 7) is 0. The van der Waals surface area contributed by atoms with E-state index in [1.165, 1.54) is 37.0 Å². The fourth-order valence-electron chi connectivity index (χ4n) is 7.51. The second-order valence-corrected chi connectivity index (χ2v) is 15.9. The molecule has 4 nitrogen and oxygen atoms in total. The van der Waals surface area contributed by atoms with Crippen molar-refractivity contribution in [3.05, 3.63) is 187 Å². The van der Waals surface area contributed by atoms with Crippen LogP contribution >= 0.6 is 22.7 Å². The van der Waals surface area contributed by atoms with Gasteiger partial charge in [-0.2, -0.15) is 0 Å². The number of oxazole rings is 1. The maximum Gasteiger partial charge on any atom is 0.227 e. The third-order valence-electron chi connectivity index (χ3n) is 10.4. The van der Waals surface area contributed by atoms with E-state index in [9.17, 15) is 0 Å². The number of nitrogens with zero attached hydrogens (tertiary/aromatic N) is 3. The molecule has 0 N–H and O–H groups in total. The van der Waals surface area contributed by atoms with E-state index in [-0.39, 0.29) is 0 Å². The van der Waals surface area contributed by atoms with E-state index in [0.29, 0.717) is 5.89 Å². The van der Waals surface area contributed by atoms with E-state index in [4.69, 9.17) is 9.40 Å². The van der Waals surface area contributed by atoms with Crippen molar-refractivity contribution in [1.29, 1.82) is 0 Å². The Morgan fingerprint density at radius 2 is 1.09 bits per heavy atom. The largest absolute Gasteiger partial charge is 0.436 e. The highest BCUT2D eigenvalue weighted by Crippen LogP contribution is 2.41. The Morgan fingerprint density at radius 1 is 0.429 bits per heavy atom. The van der Waals surface area contributed by atoms with Crippen LogP contribution in [0.5, 0.6) is 0 Å². The monoisotopic (exact) mass is 753 g/mol. The molecule has 9 aromatic rings. The summed E-state index contributed by atoms with van der Waals surface area (Å²) in [5.74, 6) is 0.630. The predicted molar refractivity (Wildman–Crippen MR) is 236 cm³/mol. The zero-order chi connectivity index (χ0) is 37.0. The van der Waals surface area contributed by atoms with Crippen LogP contribution in [-0.4, -0.2) is 9.97 Å². The second kappa shape index (κ2) is 13.5. The van der Waals surface area contributed by atoms with Crippen molar-refractivity contribution in [2.75, 3.05) is 4.90 Å². The summed E-state index contributed by atoms with van der Waals surface area (Å²) in [5.41, 5.74) is 14.0. The van der Waals surface area contributed by atoms with Gasteiger partial charge in [0.15, 0.2) is 5.58 Å². The fraction of sp³-hybridized carbons (Fsp3) is 0. The number of fused-ring (bicyclic) bond motifs is 4. The number of hydrogen-bond donors (Lipinski definition) is 0. The van der Waals surface area contributed by atoms with Gasteiger partial charge in [-0.25, -0.2) is 9.97 Å². The second-order valence-electron chi connectivity index (χ2n) is 13.9. The van der Waals surface area contributed by atoms with Gasteiger partial charge in [0, 0.05) is 33.1 Å². The minimum Gasteiger partial charge on any atom is -0.436 e. The molecule has 0 spiro atoms. The molecular weight excluding hydrogens is 723 g/mol. The van der Waals surface area contributed by atoms with E-state index in [2.05, 4.69) is 167 Å². The summed E-state index contributed by atoms with van der Waals surface area (Å²) in [7, 11) is 0. The van der Waals surface area contributed by atoms with Crippen molar-refractivity contribution in [3.63, 3.8) is 0 Å². The minimum absolute atomic E-state index is 0.630. The van der Waals surface area contributed by atoms with Gasteiger partial charge < -0.3 is 9.32 Å². The first-order valence-electron chi connectivity index (χ1n) is 18.5. The van der Waals surface area contributed by atoms with Crippen molar-refractivity contribution in [1.82, 2.24) is 9.97 Å². The molecule has 0 bridgehead atoms. The number of aromatic nitrogens is 2. The molecule has 0 saturated carbocycles. The topological polar surface area (TPSA) is 42.2 Å². The van der Waals surface area contributed by atoms with Crippen LogP contribution in [0.15, 0.2) is 192 Å². The van der Waals surface area contributed by atoms with Gasteiger partial charge in [0.25, 0.3) is 0 Å². The Morgan fingerprint density at radius 3 is 1.88 bits per heavy atom. The summed E-state index contributed by atoms with van der Waals surface area (Å²) in [5, 5.41) is 5.52. The van der Waals surface area contributed by atoms with E-state index in [1.807, 2.05) is 30.3 Å². The lowest BCUT2D eigenvalue weighted by atomic mass is 9.99. The van der Waals surface area contributed by atoms with Gasteiger partial charge in [-0.3, -0.25) is 0 Å². The van der Waals surface area contributed by atoms with Crippen LogP contribution in [0.3, 0.4) is 0 Å². The smallest absolute Gasteiger partial charge is 0.227 e. The molecule has 0 atom stereocenters. The fourth-order valence-corrected chi connectivity index (χ4v) is 9.24. The average Bonchev–Trinajstić information content (AvgIpc) is 4.01. The van der Waals surface area contributed by atoms with Crippen molar-refractivity contribution in [3.8, 4) is 54.7 Å². The van der Waals surface area contributed by atoms with Crippen LogP contribution in [0.1, 0.15) is 0 Å². The minimum atomic E-state index is 0.630. The highest BCUT2D eigenvalue weighted by molar-refractivity contribution is 7.21. The van der Waals surface area contributed by atoms with E-state index in [1.54, 1.807) is 22.7 Å². The lowest BCUT2D eigenvalue weighted by molar-refractivity contribution is 0.620. The van der Waals surface area contributed by atoms with Crippen molar-refractivity contribution < 1.29 is 4.42 Å². The molecule has 1 aliphatic heterocycles. The number of anilines is 3. The van der Waals surface area contributed by atoms with Crippen molar-refractivity contribution in [2.45, 2.75) is 0 Å². The van der Waals surface area contributed by atoms with Crippen LogP contribution in [0, 0.1) is 0 Å². The van der Waals surface area contributed by atoms with Crippen LogP contribution < -0.4 is 4.90 Å². The molecule has 7 aromatic carbocycles. The summed E-state index contributed by atoms with van der Waals surface area (Å²) in [6.07, 6.45) is 0. The van der Waals surface area contributed by atoms with Crippen LogP contribution in [0.4, 0.5) is 17.1 Å². The summed E-state index contributed by atoms with van der Waals surface area (Å²) in [4.78, 5) is 13.3. The van der Waals surface area contributed by atoms with Gasteiger partial charge in [-0.1, -0.05) is 78.9 Å². The van der Waals surface area contributed by atoms with Crippen LogP contribution in [-0.2, 0) is 0 Å². The van der Waals surface area contributed by atoms with Gasteiger partial charge in [0.2, 0.25) is 5.89 Å².